The number of aliphatic hydroxyl groups excluding tert-OH is 1. The van der Waals surface area contributed by atoms with Crippen LogP contribution in [-0.4, -0.2) is 18.0 Å². The Morgan fingerprint density at radius 3 is 3.00 bits per heavy atom. The topological polar surface area (TPSA) is 46.5 Å². The molecule has 12 heavy (non-hydrogen) atoms. The van der Waals surface area contributed by atoms with E-state index in [9.17, 15) is 4.79 Å². The summed E-state index contributed by atoms with van der Waals surface area (Å²) in [5.41, 5.74) is 0.776. The summed E-state index contributed by atoms with van der Waals surface area (Å²) in [6.07, 6.45) is 0.686. The molecule has 0 atom stereocenters. The molecule has 3 nitrogen and oxygen atoms in total. The first-order valence-corrected chi connectivity index (χ1v) is 3.63. The fraction of sp³-hybridized carbons (Fsp3) is 0.222. The van der Waals surface area contributed by atoms with Gasteiger partial charge in [0.2, 0.25) is 0 Å². The monoisotopic (exact) mass is 166 g/mol. The molecule has 1 N–H and O–H groups in total. The van der Waals surface area contributed by atoms with Crippen molar-refractivity contribution in [2.75, 3.05) is 6.61 Å². The molecule has 0 aromatic heterocycles. The number of hydrogen-bond acceptors (Lipinski definition) is 3. The quantitative estimate of drug-likeness (QED) is 0.671. The molecule has 0 saturated heterocycles. The summed E-state index contributed by atoms with van der Waals surface area (Å²) in [6.45, 7) is 0.0349. The fourth-order valence-corrected chi connectivity index (χ4v) is 0.864. The van der Waals surface area contributed by atoms with E-state index >= 15 is 0 Å². The first kappa shape index (κ1) is 8.74. The highest BCUT2D eigenvalue weighted by molar-refractivity contribution is 5.51. The van der Waals surface area contributed by atoms with Crippen LogP contribution < -0.4 is 4.74 Å². The zero-order valence-electron chi connectivity index (χ0n) is 6.56. The maximum absolute atomic E-state index is 9.96. The van der Waals surface area contributed by atoms with Gasteiger partial charge >= 0.3 is 0 Å². The number of aldehydes is 1. The summed E-state index contributed by atoms with van der Waals surface area (Å²) in [7, 11) is 0. The minimum Gasteiger partial charge on any atom is -0.486 e. The molecule has 0 aliphatic heterocycles. The Labute approximate surface area is 70.6 Å². The molecular weight excluding hydrogens is 156 g/mol. The number of hydrogen-bond donors (Lipinski definition) is 1. The van der Waals surface area contributed by atoms with Gasteiger partial charge < -0.3 is 9.84 Å². The normalized spacial score (nSPS) is 9.42. The Kier molecular flexibility index (Phi) is 3.29. The number of benzene rings is 1. The largest absolute Gasteiger partial charge is 0.486 e. The van der Waals surface area contributed by atoms with E-state index in [1.807, 2.05) is 0 Å². The van der Waals surface area contributed by atoms with E-state index < -0.39 is 0 Å². The predicted molar refractivity (Wildman–Crippen MR) is 43.9 cm³/mol. The molecule has 0 aliphatic rings. The van der Waals surface area contributed by atoms with Gasteiger partial charge in [0.1, 0.15) is 12.4 Å². The molecule has 64 valence electrons. The van der Waals surface area contributed by atoms with Crippen LogP contribution in [0.4, 0.5) is 0 Å². The van der Waals surface area contributed by atoms with Gasteiger partial charge in [-0.3, -0.25) is 4.79 Å². The summed E-state index contributed by atoms with van der Waals surface area (Å²) in [4.78, 5) is 9.96. The van der Waals surface area contributed by atoms with Crippen LogP contribution in [0.15, 0.2) is 24.3 Å². The van der Waals surface area contributed by atoms with E-state index in [2.05, 4.69) is 0 Å². The van der Waals surface area contributed by atoms with Crippen LogP contribution in [0.2, 0.25) is 0 Å². The van der Waals surface area contributed by atoms with E-state index in [0.717, 1.165) is 5.56 Å². The van der Waals surface area contributed by atoms with Crippen molar-refractivity contribution < 1.29 is 14.6 Å². The second-order valence-electron chi connectivity index (χ2n) is 2.28. The molecule has 0 bridgehead atoms. The van der Waals surface area contributed by atoms with E-state index in [1.54, 1.807) is 24.3 Å². The first-order valence-electron chi connectivity index (χ1n) is 3.63. The van der Waals surface area contributed by atoms with Crippen molar-refractivity contribution in [1.82, 2.24) is 0 Å². The minimum atomic E-state index is -0.0156. The summed E-state index contributed by atoms with van der Waals surface area (Å²) in [6, 6.07) is 6.99. The molecule has 0 amide bonds. The summed E-state index contributed by atoms with van der Waals surface area (Å²) < 4.78 is 5.02. The molecule has 0 fully saturated rings. The summed E-state index contributed by atoms with van der Waals surface area (Å²) in [5, 5.41) is 8.76. The highest BCUT2D eigenvalue weighted by atomic mass is 16.5. The molecule has 0 spiro atoms. The molecule has 0 heterocycles. The van der Waals surface area contributed by atoms with Gasteiger partial charge in [-0.2, -0.15) is 0 Å². The van der Waals surface area contributed by atoms with Gasteiger partial charge in [-0.25, -0.2) is 0 Å². The Morgan fingerprint density at radius 1 is 1.50 bits per heavy atom. The van der Waals surface area contributed by atoms with Crippen molar-refractivity contribution in [1.29, 1.82) is 0 Å². The molecule has 0 saturated carbocycles. The Balaban J connectivity index is 2.65. The summed E-state index contributed by atoms with van der Waals surface area (Å²) in [5.74, 6) is 0.605. The fourth-order valence-electron chi connectivity index (χ4n) is 0.864. The van der Waals surface area contributed by atoms with Crippen molar-refractivity contribution >= 4 is 6.29 Å². The van der Waals surface area contributed by atoms with Crippen LogP contribution in [0.5, 0.6) is 5.75 Å². The van der Waals surface area contributed by atoms with E-state index in [0.29, 0.717) is 12.0 Å². The lowest BCUT2D eigenvalue weighted by molar-refractivity contribution is -0.109. The molecule has 0 unspecified atom stereocenters. The van der Waals surface area contributed by atoms with Gasteiger partial charge in [-0.1, -0.05) is 12.1 Å². The van der Waals surface area contributed by atoms with Crippen LogP contribution in [0.3, 0.4) is 0 Å². The molecular formula is C9H10O3. The van der Waals surface area contributed by atoms with E-state index in [4.69, 9.17) is 9.84 Å². The van der Waals surface area contributed by atoms with Crippen molar-refractivity contribution in [3.8, 4) is 5.75 Å². The second-order valence-corrected chi connectivity index (χ2v) is 2.28. The molecule has 1 aromatic carbocycles. The zero-order valence-corrected chi connectivity index (χ0v) is 6.56. The maximum atomic E-state index is 9.96. The molecule has 0 radical (unpaired) electrons. The average Bonchev–Trinajstić information content (AvgIpc) is 2.15. The maximum Gasteiger partial charge on any atom is 0.157 e. The van der Waals surface area contributed by atoms with Gasteiger partial charge in [0.25, 0.3) is 0 Å². The van der Waals surface area contributed by atoms with Crippen molar-refractivity contribution in [3.05, 3.63) is 29.8 Å². The van der Waals surface area contributed by atoms with Crippen molar-refractivity contribution in [2.45, 2.75) is 6.61 Å². The highest BCUT2D eigenvalue weighted by Crippen LogP contribution is 2.12. The third-order valence-electron chi connectivity index (χ3n) is 1.40. The minimum absolute atomic E-state index is 0.0156. The van der Waals surface area contributed by atoms with Crippen LogP contribution >= 0.6 is 0 Å². The number of aliphatic hydroxyl groups is 1. The molecule has 1 rings (SSSR count). The predicted octanol–water partition coefficient (Wildman–Crippen LogP) is 0.757. The van der Waals surface area contributed by atoms with Gasteiger partial charge in [0.15, 0.2) is 6.29 Å². The SMILES string of the molecule is O=CCOc1cccc(CO)c1. The van der Waals surface area contributed by atoms with E-state index in [-0.39, 0.29) is 13.2 Å². The van der Waals surface area contributed by atoms with Gasteiger partial charge in [0, 0.05) is 0 Å². The Bertz CT molecular complexity index is 258. The number of carbonyl (C=O) groups excluding carboxylic acids is 1. The first-order chi connectivity index (χ1) is 5.86. The number of carbonyl (C=O) groups is 1. The van der Waals surface area contributed by atoms with Crippen molar-refractivity contribution in [3.63, 3.8) is 0 Å². The zero-order chi connectivity index (χ0) is 8.81. The molecule has 1 aromatic rings. The number of ether oxygens (including phenoxy) is 1. The average molecular weight is 166 g/mol. The van der Waals surface area contributed by atoms with Gasteiger partial charge in [-0.15, -0.1) is 0 Å². The standard InChI is InChI=1S/C9H10O3/c10-4-5-12-9-3-1-2-8(6-9)7-11/h1-4,6,11H,5,7H2. The van der Waals surface area contributed by atoms with Crippen LogP contribution in [-0.2, 0) is 11.4 Å². The molecule has 3 heteroatoms. The smallest absolute Gasteiger partial charge is 0.157 e. The lowest BCUT2D eigenvalue weighted by atomic mass is 10.2. The van der Waals surface area contributed by atoms with Crippen LogP contribution in [0.25, 0.3) is 0 Å². The Morgan fingerprint density at radius 2 is 2.33 bits per heavy atom. The van der Waals surface area contributed by atoms with Crippen LogP contribution in [0.1, 0.15) is 5.56 Å². The van der Waals surface area contributed by atoms with E-state index in [1.165, 1.54) is 0 Å². The highest BCUT2D eigenvalue weighted by Gasteiger charge is 1.94. The second kappa shape index (κ2) is 4.51. The third-order valence-corrected chi connectivity index (χ3v) is 1.40. The van der Waals surface area contributed by atoms with Gasteiger partial charge in [0.05, 0.1) is 6.61 Å². The molecule has 0 aliphatic carbocycles. The lowest BCUT2D eigenvalue weighted by Gasteiger charge is -2.02. The third kappa shape index (κ3) is 2.36. The Hall–Kier alpha value is -1.35. The lowest BCUT2D eigenvalue weighted by Crippen LogP contribution is -1.97. The summed E-state index contributed by atoms with van der Waals surface area (Å²) >= 11 is 0. The van der Waals surface area contributed by atoms with Gasteiger partial charge in [-0.05, 0) is 17.7 Å². The van der Waals surface area contributed by atoms with Crippen LogP contribution in [0, 0.1) is 0 Å². The van der Waals surface area contributed by atoms with Crippen molar-refractivity contribution in [2.24, 2.45) is 0 Å². The number of rotatable bonds is 4.